The molecule has 6 atom stereocenters. The molecule has 2 aromatic rings. The average Bonchev–Trinajstić information content (AvgIpc) is 2.91. The van der Waals surface area contributed by atoms with E-state index in [2.05, 4.69) is 5.32 Å². The third kappa shape index (κ3) is 4.28. The molecule has 2 aromatic carbocycles. The standard InChI is InChI=1S/C29H30N2O11S/c1-11-8-9-13(43(40,41)42)10-15(11)30-28(38)20-25(35)22(31(3)4)21-24(34)17-12(2)14-6-5-7-16(32)18(14)23(33)19(17)26(36)29(21,39)27(20)37/h5-10,12,17,21-22,24,32,34-36,39H,1-4H3,(H,30,38)(H,40,41,42)/t12-,17+,21+,22-,24-,29-/m0/s1. The van der Waals surface area contributed by atoms with Crippen LogP contribution in [0.1, 0.15) is 34.3 Å². The number of aryl methyl sites for hydroxylation is 1. The van der Waals surface area contributed by atoms with Crippen LogP contribution >= 0.6 is 0 Å². The summed E-state index contributed by atoms with van der Waals surface area (Å²) in [6.07, 6.45) is -1.71. The molecule has 43 heavy (non-hydrogen) atoms. The first-order valence-electron chi connectivity index (χ1n) is 13.2. The SMILES string of the molecule is Cc1ccc(S(=O)(=O)O)cc1NC(=O)C1=C(O)[C@@H](N(C)C)[C@@H]2[C@@H](O)[C@H]3C(=C(O)[C@]2(O)C1=O)C(=O)c1c(O)cccc1[C@@H]3C. The first kappa shape index (κ1) is 30.4. The van der Waals surface area contributed by atoms with Crippen LogP contribution in [0.25, 0.3) is 0 Å². The van der Waals surface area contributed by atoms with E-state index in [4.69, 9.17) is 0 Å². The molecule has 0 bridgehead atoms. The molecule has 0 aromatic heterocycles. The Morgan fingerprint density at radius 3 is 2.33 bits per heavy atom. The third-order valence-corrected chi connectivity index (χ3v) is 9.58. The fourth-order valence-electron chi connectivity index (χ4n) is 6.64. The van der Waals surface area contributed by atoms with Gasteiger partial charge in [-0.1, -0.05) is 25.1 Å². The van der Waals surface area contributed by atoms with E-state index in [9.17, 15) is 52.9 Å². The van der Waals surface area contributed by atoms with Gasteiger partial charge in [-0.25, -0.2) is 0 Å². The van der Waals surface area contributed by atoms with E-state index in [-0.39, 0.29) is 11.3 Å². The number of phenolic OH excluding ortho intramolecular Hbond substituents is 1. The fraction of sp³-hybridized carbons (Fsp3) is 0.345. The van der Waals surface area contributed by atoms with Crippen LogP contribution in [0.3, 0.4) is 0 Å². The summed E-state index contributed by atoms with van der Waals surface area (Å²) in [6, 6.07) is 6.20. The molecule has 228 valence electrons. The lowest BCUT2D eigenvalue weighted by atomic mass is 9.55. The highest BCUT2D eigenvalue weighted by Gasteiger charge is 2.67. The maximum absolute atomic E-state index is 14.0. The molecule has 0 aliphatic heterocycles. The van der Waals surface area contributed by atoms with Gasteiger partial charge in [-0.3, -0.25) is 23.8 Å². The van der Waals surface area contributed by atoms with Gasteiger partial charge in [0.25, 0.3) is 16.0 Å². The van der Waals surface area contributed by atoms with Gasteiger partial charge in [0.05, 0.1) is 28.5 Å². The lowest BCUT2D eigenvalue weighted by Gasteiger charge is -2.53. The summed E-state index contributed by atoms with van der Waals surface area (Å²) in [4.78, 5) is 41.9. The van der Waals surface area contributed by atoms with Crippen molar-refractivity contribution in [1.82, 2.24) is 4.90 Å². The Hall–Kier alpha value is -4.08. The van der Waals surface area contributed by atoms with Gasteiger partial charge >= 0.3 is 0 Å². The Kier molecular flexibility index (Phi) is 7.06. The fourth-order valence-corrected chi connectivity index (χ4v) is 7.15. The van der Waals surface area contributed by atoms with E-state index in [1.165, 1.54) is 44.1 Å². The normalized spacial score (nSPS) is 28.9. The summed E-state index contributed by atoms with van der Waals surface area (Å²) >= 11 is 0. The molecule has 14 heteroatoms. The number of amides is 1. The number of anilines is 1. The van der Waals surface area contributed by atoms with Gasteiger partial charge in [-0.2, -0.15) is 8.42 Å². The smallest absolute Gasteiger partial charge is 0.294 e. The summed E-state index contributed by atoms with van der Waals surface area (Å²) in [5, 5.41) is 59.3. The van der Waals surface area contributed by atoms with E-state index < -0.39 is 96.4 Å². The highest BCUT2D eigenvalue weighted by molar-refractivity contribution is 7.85. The molecular formula is C29H30N2O11S. The quantitative estimate of drug-likeness (QED) is 0.192. The predicted molar refractivity (Wildman–Crippen MR) is 150 cm³/mol. The van der Waals surface area contributed by atoms with Crippen LogP contribution in [-0.2, 0) is 19.7 Å². The maximum atomic E-state index is 14.0. The number of rotatable bonds is 4. The van der Waals surface area contributed by atoms with Crippen LogP contribution in [0.5, 0.6) is 5.75 Å². The molecule has 7 N–H and O–H groups in total. The summed E-state index contributed by atoms with van der Waals surface area (Å²) in [7, 11) is -1.79. The molecule has 0 saturated heterocycles. The van der Waals surface area contributed by atoms with Crippen LogP contribution in [0.15, 0.2) is 64.0 Å². The topological polar surface area (TPSA) is 222 Å². The number of hydrogen-bond acceptors (Lipinski definition) is 11. The molecule has 5 rings (SSSR count). The van der Waals surface area contributed by atoms with Crippen molar-refractivity contribution in [3.8, 4) is 5.75 Å². The minimum Gasteiger partial charge on any atom is -0.510 e. The largest absolute Gasteiger partial charge is 0.510 e. The highest BCUT2D eigenvalue weighted by atomic mass is 32.2. The zero-order valence-corrected chi connectivity index (χ0v) is 24.2. The van der Waals surface area contributed by atoms with Gasteiger partial charge in [0, 0.05) is 17.2 Å². The second kappa shape index (κ2) is 9.99. The van der Waals surface area contributed by atoms with Crippen LogP contribution in [0, 0.1) is 18.8 Å². The molecule has 3 aliphatic rings. The number of carbonyl (C=O) groups excluding carboxylic acids is 3. The first-order valence-corrected chi connectivity index (χ1v) is 14.6. The van der Waals surface area contributed by atoms with Crippen LogP contribution in [0.4, 0.5) is 5.69 Å². The molecule has 1 amide bonds. The molecule has 0 unspecified atom stereocenters. The molecule has 0 radical (unpaired) electrons. The number of nitrogens with one attached hydrogen (secondary N) is 1. The Bertz CT molecular complexity index is 1780. The Morgan fingerprint density at radius 2 is 1.72 bits per heavy atom. The van der Waals surface area contributed by atoms with Crippen molar-refractivity contribution in [3.63, 3.8) is 0 Å². The average molecular weight is 615 g/mol. The van der Waals surface area contributed by atoms with Crippen molar-refractivity contribution in [2.45, 2.75) is 42.4 Å². The number of likely N-dealkylation sites (N-methyl/N-ethyl adjacent to an activating group) is 1. The van der Waals surface area contributed by atoms with Crippen molar-refractivity contribution < 1.29 is 52.9 Å². The Morgan fingerprint density at radius 1 is 1.07 bits per heavy atom. The van der Waals surface area contributed by atoms with E-state index in [1.54, 1.807) is 13.0 Å². The third-order valence-electron chi connectivity index (χ3n) is 8.73. The number of aliphatic hydroxyl groups excluding tert-OH is 3. The van der Waals surface area contributed by atoms with Gasteiger partial charge < -0.3 is 30.8 Å². The molecule has 0 heterocycles. The number of aromatic hydroxyl groups is 1. The zero-order chi connectivity index (χ0) is 31.9. The number of fused-ring (bicyclic) bond motifs is 3. The highest BCUT2D eigenvalue weighted by Crippen LogP contribution is 2.55. The monoisotopic (exact) mass is 614 g/mol. The zero-order valence-electron chi connectivity index (χ0n) is 23.4. The van der Waals surface area contributed by atoms with Gasteiger partial charge in [0.2, 0.25) is 5.78 Å². The van der Waals surface area contributed by atoms with Crippen LogP contribution in [-0.4, -0.2) is 92.7 Å². The number of carbonyl (C=O) groups is 3. The van der Waals surface area contributed by atoms with Crippen molar-refractivity contribution in [2.24, 2.45) is 11.8 Å². The minimum atomic E-state index is -4.67. The van der Waals surface area contributed by atoms with Crippen molar-refractivity contribution in [2.75, 3.05) is 19.4 Å². The van der Waals surface area contributed by atoms with Gasteiger partial charge in [-0.05, 0) is 56.3 Å². The van der Waals surface area contributed by atoms with Crippen molar-refractivity contribution >= 4 is 33.3 Å². The van der Waals surface area contributed by atoms with Crippen molar-refractivity contribution in [1.29, 1.82) is 0 Å². The summed E-state index contributed by atoms with van der Waals surface area (Å²) in [5.74, 6) is -9.59. The molecule has 0 spiro atoms. The van der Waals surface area contributed by atoms with E-state index in [0.717, 1.165) is 12.1 Å². The van der Waals surface area contributed by atoms with Crippen LogP contribution in [0.2, 0.25) is 0 Å². The van der Waals surface area contributed by atoms with Gasteiger partial charge in [0.15, 0.2) is 11.4 Å². The number of phenols is 1. The number of aliphatic hydroxyl groups is 4. The number of nitrogens with zero attached hydrogens (tertiary/aromatic N) is 1. The number of Topliss-reactive ketones (excluding diaryl/α,β-unsaturated/α-hetero) is 2. The molecular weight excluding hydrogens is 584 g/mol. The van der Waals surface area contributed by atoms with E-state index >= 15 is 0 Å². The Labute approximate surface area is 246 Å². The minimum absolute atomic E-state index is 0.154. The molecule has 13 nitrogen and oxygen atoms in total. The maximum Gasteiger partial charge on any atom is 0.294 e. The lowest BCUT2D eigenvalue weighted by molar-refractivity contribution is -0.162. The van der Waals surface area contributed by atoms with Crippen molar-refractivity contribution in [3.05, 3.63) is 75.8 Å². The lowest BCUT2D eigenvalue weighted by Crippen LogP contribution is -2.68. The summed E-state index contributed by atoms with van der Waals surface area (Å²) in [6.45, 7) is 3.13. The van der Waals surface area contributed by atoms with Gasteiger partial charge in [-0.15, -0.1) is 0 Å². The second-order valence-corrected chi connectivity index (χ2v) is 12.8. The summed E-state index contributed by atoms with van der Waals surface area (Å²) < 4.78 is 32.7. The second-order valence-electron chi connectivity index (χ2n) is 11.3. The molecule has 0 saturated carbocycles. The van der Waals surface area contributed by atoms with Crippen LogP contribution < -0.4 is 5.32 Å². The Balaban J connectivity index is 1.69. The number of ketones is 2. The molecule has 3 aliphatic carbocycles. The summed E-state index contributed by atoms with van der Waals surface area (Å²) in [5.41, 5.74) is -4.21. The molecule has 0 fully saturated rings. The van der Waals surface area contributed by atoms with E-state index in [1.807, 2.05) is 0 Å². The van der Waals surface area contributed by atoms with Gasteiger partial charge in [0.1, 0.15) is 22.8 Å². The number of benzene rings is 2. The predicted octanol–water partition coefficient (Wildman–Crippen LogP) is 1.36. The number of hydrogen-bond donors (Lipinski definition) is 7. The van der Waals surface area contributed by atoms with E-state index in [0.29, 0.717) is 11.1 Å². The first-order chi connectivity index (χ1) is 19.9.